The molecule has 0 spiro atoms. The van der Waals surface area contributed by atoms with E-state index in [0.717, 1.165) is 29.2 Å². The van der Waals surface area contributed by atoms with Crippen molar-refractivity contribution in [3.63, 3.8) is 0 Å². The van der Waals surface area contributed by atoms with E-state index in [1.807, 2.05) is 12.1 Å². The zero-order chi connectivity index (χ0) is 20.7. The number of rotatable bonds is 5. The van der Waals surface area contributed by atoms with Crippen molar-refractivity contribution in [1.29, 1.82) is 0 Å². The number of halogens is 2. The maximum absolute atomic E-state index is 6.73. The van der Waals surface area contributed by atoms with Crippen LogP contribution in [-0.4, -0.2) is 20.6 Å². The quantitative estimate of drug-likeness (QED) is 0.626. The number of H-pyrrole nitrogens is 1. The third-order valence-electron chi connectivity index (χ3n) is 6.75. The Labute approximate surface area is 186 Å². The number of nitrogens with zero attached hydrogens (tertiary/aromatic N) is 3. The highest BCUT2D eigenvalue weighted by atomic mass is 35.5. The summed E-state index contributed by atoms with van der Waals surface area (Å²) < 4.78 is 0. The fourth-order valence-electron chi connectivity index (χ4n) is 5.02. The smallest absolute Gasteiger partial charge is 0.177 e. The van der Waals surface area contributed by atoms with Gasteiger partial charge in [0.05, 0.1) is 10.0 Å². The zero-order valence-corrected chi connectivity index (χ0v) is 18.5. The minimum atomic E-state index is 0.0927. The topological polar surface area (TPSA) is 54.5 Å². The molecule has 1 heterocycles. The summed E-state index contributed by atoms with van der Waals surface area (Å²) in [4.78, 5) is 0. The lowest BCUT2D eigenvalue weighted by molar-refractivity contribution is 0.379. The van der Waals surface area contributed by atoms with Gasteiger partial charge in [-0.15, -0.1) is 10.2 Å². The van der Waals surface area contributed by atoms with Gasteiger partial charge < -0.3 is 0 Å². The lowest BCUT2D eigenvalue weighted by Crippen LogP contribution is -2.24. The maximum atomic E-state index is 6.73. The molecule has 1 fully saturated rings. The van der Waals surface area contributed by atoms with E-state index in [1.54, 1.807) is 0 Å². The highest BCUT2D eigenvalue weighted by molar-refractivity contribution is 6.42. The largest absolute Gasteiger partial charge is 0.204 e. The summed E-state index contributed by atoms with van der Waals surface area (Å²) in [5, 5.41) is 17.9. The van der Waals surface area contributed by atoms with Gasteiger partial charge in [-0.05, 0) is 64.4 Å². The second kappa shape index (κ2) is 7.82. The highest BCUT2D eigenvalue weighted by Crippen LogP contribution is 2.43. The molecule has 1 atom stereocenters. The number of hydrogen-bond acceptors (Lipinski definition) is 3. The molecule has 0 aliphatic heterocycles. The van der Waals surface area contributed by atoms with Gasteiger partial charge >= 0.3 is 0 Å². The monoisotopic (exact) mass is 438 g/mol. The van der Waals surface area contributed by atoms with Crippen molar-refractivity contribution in [2.75, 3.05) is 0 Å². The molecule has 0 radical (unpaired) electrons. The minimum absolute atomic E-state index is 0.0927. The first-order valence-electron chi connectivity index (χ1n) is 10.6. The first kappa shape index (κ1) is 19.8. The Bertz CT molecular complexity index is 1180. The molecular formula is C24H24Cl2N4. The molecule has 2 aliphatic carbocycles. The van der Waals surface area contributed by atoms with Crippen LogP contribution in [0.4, 0.5) is 0 Å². The van der Waals surface area contributed by atoms with E-state index in [1.165, 1.54) is 36.5 Å². The number of aromatic nitrogens is 4. The molecule has 0 bridgehead atoms. The number of fused-ring (bicyclic) bond motifs is 1. The van der Waals surface area contributed by atoms with Gasteiger partial charge in [-0.2, -0.15) is 5.21 Å². The van der Waals surface area contributed by atoms with Crippen molar-refractivity contribution < 1.29 is 0 Å². The van der Waals surface area contributed by atoms with Crippen molar-refractivity contribution in [3.8, 4) is 11.4 Å². The molecule has 0 amide bonds. The summed E-state index contributed by atoms with van der Waals surface area (Å²) in [6, 6.07) is 10.5. The molecule has 1 saturated carbocycles. The van der Waals surface area contributed by atoms with Crippen LogP contribution in [0.2, 0.25) is 10.0 Å². The van der Waals surface area contributed by atoms with Crippen LogP contribution in [0.1, 0.15) is 43.7 Å². The first-order chi connectivity index (χ1) is 14.5. The number of aromatic amines is 1. The second-order valence-electron chi connectivity index (χ2n) is 8.73. The molecule has 0 saturated heterocycles. The molecule has 2 aromatic carbocycles. The third-order valence-corrected chi connectivity index (χ3v) is 7.67. The molecule has 4 nitrogen and oxygen atoms in total. The van der Waals surface area contributed by atoms with Crippen molar-refractivity contribution >= 4 is 35.4 Å². The number of benzene rings is 2. The Morgan fingerprint density at radius 3 is 2.50 bits per heavy atom. The molecule has 2 aliphatic rings. The average Bonchev–Trinajstić information content (AvgIpc) is 3.51. The lowest BCUT2D eigenvalue weighted by Gasteiger charge is -2.27. The Kier molecular flexibility index (Phi) is 5.16. The molecule has 1 aromatic heterocycles. The van der Waals surface area contributed by atoms with Crippen molar-refractivity contribution in [2.24, 2.45) is 11.3 Å². The van der Waals surface area contributed by atoms with Gasteiger partial charge in [0.1, 0.15) is 0 Å². The zero-order valence-electron chi connectivity index (χ0n) is 17.0. The Hall–Kier alpha value is -2.17. The van der Waals surface area contributed by atoms with Crippen LogP contribution in [0.15, 0.2) is 30.3 Å². The average molecular weight is 439 g/mol. The predicted octanol–water partition coefficient (Wildman–Crippen LogP) is 4.73. The number of aryl methyl sites for hydroxylation is 2. The lowest BCUT2D eigenvalue weighted by atomic mass is 9.77. The van der Waals surface area contributed by atoms with E-state index in [2.05, 4.69) is 57.9 Å². The van der Waals surface area contributed by atoms with E-state index in [-0.39, 0.29) is 5.41 Å². The maximum Gasteiger partial charge on any atom is 0.204 e. The van der Waals surface area contributed by atoms with Crippen molar-refractivity contribution in [1.82, 2.24) is 20.6 Å². The van der Waals surface area contributed by atoms with E-state index in [4.69, 9.17) is 23.2 Å². The summed E-state index contributed by atoms with van der Waals surface area (Å²) in [7, 11) is 0. The van der Waals surface area contributed by atoms with Crippen molar-refractivity contribution in [3.05, 3.63) is 61.9 Å². The first-order valence-corrected chi connectivity index (χ1v) is 11.3. The molecule has 1 N–H and O–H groups in total. The highest BCUT2D eigenvalue weighted by Gasteiger charge is 2.34. The summed E-state index contributed by atoms with van der Waals surface area (Å²) in [6.45, 7) is 2.35. The Morgan fingerprint density at radius 2 is 1.80 bits per heavy atom. The molecule has 1 unspecified atom stereocenters. The Morgan fingerprint density at radius 1 is 1.03 bits per heavy atom. The van der Waals surface area contributed by atoms with Gasteiger partial charge in [0.15, 0.2) is 0 Å². The van der Waals surface area contributed by atoms with Gasteiger partial charge in [0.2, 0.25) is 5.82 Å². The molecule has 6 heteroatoms. The van der Waals surface area contributed by atoms with E-state index in [0.29, 0.717) is 21.8 Å². The molecular weight excluding hydrogens is 415 g/mol. The van der Waals surface area contributed by atoms with E-state index in [9.17, 15) is 0 Å². The number of nitrogens with one attached hydrogen (secondary N) is 1. The Balaban J connectivity index is 1.38. The summed E-state index contributed by atoms with van der Waals surface area (Å²) in [5.74, 6) is 1.31. The van der Waals surface area contributed by atoms with Crippen LogP contribution in [-0.2, 0) is 12.8 Å². The predicted molar refractivity (Wildman–Crippen MR) is 122 cm³/mol. The van der Waals surface area contributed by atoms with Crippen LogP contribution in [0.3, 0.4) is 0 Å². The standard InChI is InChI=1S/C24H24Cl2N4/c1-24(19-4-2-3-5-19)13-18-12-17(21(25)22(26)20(18)14-24)11-8-15-6-9-16(10-7-15)23-27-29-30-28-23/h6-7,9-10,12-14,19H,2-5,8,11H2,1H3,(H,27,28,29,30). The van der Waals surface area contributed by atoms with Gasteiger partial charge in [-0.25, -0.2) is 0 Å². The van der Waals surface area contributed by atoms with Gasteiger partial charge in [0, 0.05) is 11.0 Å². The van der Waals surface area contributed by atoms with E-state index < -0.39 is 0 Å². The summed E-state index contributed by atoms with van der Waals surface area (Å²) in [5.41, 5.74) is 3.39. The fourth-order valence-corrected chi connectivity index (χ4v) is 5.55. The minimum Gasteiger partial charge on any atom is -0.177 e. The van der Waals surface area contributed by atoms with Crippen molar-refractivity contribution in [2.45, 2.75) is 45.4 Å². The molecule has 3 aromatic rings. The molecule has 5 rings (SSSR count). The second-order valence-corrected chi connectivity index (χ2v) is 9.49. The normalized spacial score (nSPS) is 20.8. The van der Waals surface area contributed by atoms with Gasteiger partial charge in [-0.3, -0.25) is 0 Å². The van der Waals surface area contributed by atoms with Crippen LogP contribution >= 0.6 is 23.2 Å². The van der Waals surface area contributed by atoms with Crippen LogP contribution in [0, 0.1) is 11.3 Å². The molecule has 30 heavy (non-hydrogen) atoms. The third kappa shape index (κ3) is 3.57. The van der Waals surface area contributed by atoms with Crippen LogP contribution in [0.5, 0.6) is 0 Å². The summed E-state index contributed by atoms with van der Waals surface area (Å²) in [6.07, 6.45) is 11.8. The van der Waals surface area contributed by atoms with E-state index >= 15 is 0 Å². The SMILES string of the molecule is CC1(C2CCCC2)C=c2cc(CCc3ccc(-c4nn[nH]n4)cc3)c(Cl)c(Cl)c2=C1. The number of tetrazole rings is 1. The fraction of sp³-hybridized carbons (Fsp3) is 0.375. The van der Waals surface area contributed by atoms with Gasteiger partial charge in [0.25, 0.3) is 0 Å². The summed E-state index contributed by atoms with van der Waals surface area (Å²) >= 11 is 13.4. The number of hydrogen-bond donors (Lipinski definition) is 1. The molecule has 154 valence electrons. The van der Waals surface area contributed by atoms with Crippen LogP contribution < -0.4 is 10.4 Å². The van der Waals surface area contributed by atoms with Crippen LogP contribution in [0.25, 0.3) is 23.5 Å². The van der Waals surface area contributed by atoms with Gasteiger partial charge in [-0.1, -0.05) is 79.4 Å².